The van der Waals surface area contributed by atoms with Crippen LogP contribution in [0.2, 0.25) is 0 Å². The van der Waals surface area contributed by atoms with Gasteiger partial charge in [0.15, 0.2) is 0 Å². The van der Waals surface area contributed by atoms with Gasteiger partial charge in [0.1, 0.15) is 5.69 Å². The van der Waals surface area contributed by atoms with Crippen molar-refractivity contribution >= 4 is 22.5 Å². The molecule has 4 nitrogen and oxygen atoms in total. The van der Waals surface area contributed by atoms with Crippen LogP contribution in [0, 0.1) is 0 Å². The Bertz CT molecular complexity index is 696. The fourth-order valence-electron chi connectivity index (χ4n) is 1.87. The van der Waals surface area contributed by atoms with Crippen LogP contribution in [0.3, 0.4) is 0 Å². The second-order valence-electron chi connectivity index (χ2n) is 4.19. The van der Waals surface area contributed by atoms with Crippen molar-refractivity contribution in [1.29, 1.82) is 0 Å². The summed E-state index contributed by atoms with van der Waals surface area (Å²) in [5.74, 6) is 1.72. The van der Waals surface area contributed by atoms with Gasteiger partial charge in [-0.05, 0) is 18.6 Å². The summed E-state index contributed by atoms with van der Waals surface area (Å²) in [6.07, 6.45) is 1.53. The van der Waals surface area contributed by atoms with E-state index in [1.807, 2.05) is 36.4 Å². The van der Waals surface area contributed by atoms with E-state index in [9.17, 15) is 0 Å². The summed E-state index contributed by atoms with van der Waals surface area (Å²) in [6.45, 7) is 0. The highest BCUT2D eigenvalue weighted by Crippen LogP contribution is 2.18. The van der Waals surface area contributed by atoms with Gasteiger partial charge in [0.25, 0.3) is 0 Å². The zero-order chi connectivity index (χ0) is 13.1. The number of benzene rings is 1. The predicted molar refractivity (Wildman–Crippen MR) is 74.1 cm³/mol. The number of aromatic nitrogens is 3. The summed E-state index contributed by atoms with van der Waals surface area (Å²) < 4.78 is 5.17. The van der Waals surface area contributed by atoms with Gasteiger partial charge < -0.3 is 4.52 Å². The zero-order valence-corrected chi connectivity index (χ0v) is 11.0. The first-order valence-corrected chi connectivity index (χ1v) is 6.65. The fourth-order valence-corrected chi connectivity index (χ4v) is 2.00. The second-order valence-corrected chi connectivity index (χ2v) is 4.57. The van der Waals surface area contributed by atoms with Crippen molar-refractivity contribution in [3.63, 3.8) is 0 Å². The second kappa shape index (κ2) is 5.36. The predicted octanol–water partition coefficient (Wildman–Crippen LogP) is 3.46. The monoisotopic (exact) mass is 273 g/mol. The molecule has 0 fully saturated rings. The van der Waals surface area contributed by atoms with Crippen molar-refractivity contribution in [3.05, 3.63) is 42.3 Å². The Morgan fingerprint density at radius 3 is 2.84 bits per heavy atom. The molecular weight excluding hydrogens is 262 g/mol. The molecule has 2 heterocycles. The minimum Gasteiger partial charge on any atom is -0.339 e. The normalized spacial score (nSPS) is 11.0. The molecule has 0 saturated heterocycles. The Balaban J connectivity index is 1.92. The first-order chi connectivity index (χ1) is 9.36. The maximum absolute atomic E-state index is 5.64. The molecule has 3 rings (SSSR count). The van der Waals surface area contributed by atoms with Gasteiger partial charge in [0.2, 0.25) is 11.7 Å². The molecule has 3 aromatic rings. The zero-order valence-electron chi connectivity index (χ0n) is 10.2. The third-order valence-corrected chi connectivity index (χ3v) is 3.09. The molecule has 0 bridgehead atoms. The number of fused-ring (bicyclic) bond motifs is 1. The quantitative estimate of drug-likeness (QED) is 0.683. The van der Waals surface area contributed by atoms with Crippen LogP contribution in [0.15, 0.2) is 40.9 Å². The Morgan fingerprint density at radius 1 is 1.05 bits per heavy atom. The maximum Gasteiger partial charge on any atom is 0.227 e. The Labute approximate surface area is 115 Å². The fraction of sp³-hybridized carbons (Fsp3) is 0.214. The highest BCUT2D eigenvalue weighted by Gasteiger charge is 2.09. The van der Waals surface area contributed by atoms with Gasteiger partial charge in [0.05, 0.1) is 5.52 Å². The summed E-state index contributed by atoms with van der Waals surface area (Å²) >= 11 is 5.64. The van der Waals surface area contributed by atoms with Crippen molar-refractivity contribution in [3.8, 4) is 11.5 Å². The highest BCUT2D eigenvalue weighted by atomic mass is 35.5. The van der Waals surface area contributed by atoms with Crippen LogP contribution in [0.1, 0.15) is 12.3 Å². The van der Waals surface area contributed by atoms with Crippen molar-refractivity contribution in [2.75, 3.05) is 5.88 Å². The molecule has 0 aliphatic heterocycles. The average Bonchev–Trinajstić information content (AvgIpc) is 2.93. The van der Waals surface area contributed by atoms with Crippen LogP contribution in [-0.2, 0) is 6.42 Å². The number of hydrogen-bond donors (Lipinski definition) is 0. The molecule has 0 spiro atoms. The van der Waals surface area contributed by atoms with Gasteiger partial charge in [-0.15, -0.1) is 11.6 Å². The molecule has 0 atom stereocenters. The minimum absolute atomic E-state index is 0.523. The topological polar surface area (TPSA) is 51.8 Å². The lowest BCUT2D eigenvalue weighted by Crippen LogP contribution is -1.89. The molecule has 96 valence electrons. The summed E-state index contributed by atoms with van der Waals surface area (Å²) in [5, 5.41) is 5.05. The molecule has 0 saturated carbocycles. The number of alkyl halides is 1. The number of halogens is 1. The molecule has 0 amide bonds. The third-order valence-electron chi connectivity index (χ3n) is 2.82. The molecule has 0 aliphatic rings. The van der Waals surface area contributed by atoms with Crippen molar-refractivity contribution in [2.45, 2.75) is 12.8 Å². The van der Waals surface area contributed by atoms with Crippen molar-refractivity contribution in [2.24, 2.45) is 0 Å². The molecule has 19 heavy (non-hydrogen) atoms. The lowest BCUT2D eigenvalue weighted by molar-refractivity contribution is 0.378. The Kier molecular flexibility index (Phi) is 3.42. The SMILES string of the molecule is ClCCCc1nc(-c2ccc3ccccc3n2)no1. The summed E-state index contributed by atoms with van der Waals surface area (Å²) in [5.41, 5.74) is 1.65. The van der Waals surface area contributed by atoms with E-state index in [4.69, 9.17) is 16.1 Å². The van der Waals surface area contributed by atoms with Crippen LogP contribution in [0.4, 0.5) is 0 Å². The van der Waals surface area contributed by atoms with Crippen LogP contribution < -0.4 is 0 Å². The lowest BCUT2D eigenvalue weighted by Gasteiger charge is -1.98. The van der Waals surface area contributed by atoms with Crippen LogP contribution >= 0.6 is 11.6 Å². The summed E-state index contributed by atoms with van der Waals surface area (Å²) in [4.78, 5) is 8.85. The van der Waals surface area contributed by atoms with E-state index in [-0.39, 0.29) is 0 Å². The van der Waals surface area contributed by atoms with E-state index >= 15 is 0 Å². The number of nitrogens with zero attached hydrogens (tertiary/aromatic N) is 3. The van der Waals surface area contributed by atoms with Gasteiger partial charge in [-0.3, -0.25) is 0 Å². The van der Waals surface area contributed by atoms with Crippen molar-refractivity contribution in [1.82, 2.24) is 15.1 Å². The standard InChI is InChI=1S/C14H12ClN3O/c15-9-3-6-13-17-14(18-19-13)12-8-7-10-4-1-2-5-11(10)16-12/h1-2,4-5,7-8H,3,6,9H2. The number of pyridine rings is 1. The molecule has 5 heteroatoms. The van der Waals surface area contributed by atoms with Crippen molar-refractivity contribution < 1.29 is 4.52 Å². The number of hydrogen-bond acceptors (Lipinski definition) is 4. The van der Waals surface area contributed by atoms with E-state index in [2.05, 4.69) is 15.1 Å². The summed E-state index contributed by atoms with van der Waals surface area (Å²) in [6, 6.07) is 11.8. The van der Waals surface area contributed by atoms with Crippen LogP contribution in [0.5, 0.6) is 0 Å². The highest BCUT2D eigenvalue weighted by molar-refractivity contribution is 6.17. The molecule has 0 radical (unpaired) electrons. The third kappa shape index (κ3) is 2.58. The maximum atomic E-state index is 5.64. The lowest BCUT2D eigenvalue weighted by atomic mass is 10.2. The summed E-state index contributed by atoms with van der Waals surface area (Å²) in [7, 11) is 0. The molecular formula is C14H12ClN3O. The van der Waals surface area contributed by atoms with Gasteiger partial charge in [-0.25, -0.2) is 4.98 Å². The van der Waals surface area contributed by atoms with E-state index in [1.54, 1.807) is 0 Å². The first kappa shape index (κ1) is 12.1. The largest absolute Gasteiger partial charge is 0.339 e. The Morgan fingerprint density at radius 2 is 1.95 bits per heavy atom. The van der Waals surface area contributed by atoms with Crippen LogP contribution in [0.25, 0.3) is 22.4 Å². The van der Waals surface area contributed by atoms with E-state index < -0.39 is 0 Å². The Hall–Kier alpha value is -1.94. The van der Waals surface area contributed by atoms with Gasteiger partial charge >= 0.3 is 0 Å². The van der Waals surface area contributed by atoms with Crippen LogP contribution in [-0.4, -0.2) is 21.0 Å². The average molecular weight is 274 g/mol. The molecule has 2 aromatic heterocycles. The smallest absolute Gasteiger partial charge is 0.227 e. The number of rotatable bonds is 4. The van der Waals surface area contributed by atoms with E-state index in [0.29, 0.717) is 24.0 Å². The number of para-hydroxylation sites is 1. The molecule has 0 aliphatic carbocycles. The molecule has 0 N–H and O–H groups in total. The van der Waals surface area contributed by atoms with E-state index in [1.165, 1.54) is 0 Å². The number of aryl methyl sites for hydroxylation is 1. The van der Waals surface area contributed by atoms with Gasteiger partial charge in [0, 0.05) is 17.7 Å². The van der Waals surface area contributed by atoms with Gasteiger partial charge in [-0.2, -0.15) is 4.98 Å². The minimum atomic E-state index is 0.523. The van der Waals surface area contributed by atoms with Gasteiger partial charge in [-0.1, -0.05) is 29.4 Å². The first-order valence-electron chi connectivity index (χ1n) is 6.11. The van der Waals surface area contributed by atoms with E-state index in [0.717, 1.165) is 23.0 Å². The molecule has 1 aromatic carbocycles. The molecule has 0 unspecified atom stereocenters.